The minimum absolute atomic E-state index is 0.310. The molecular formula is C25H30N6O2. The van der Waals surface area contributed by atoms with E-state index in [0.717, 1.165) is 83.5 Å². The minimum Gasteiger partial charge on any atom is -0.381 e. The van der Waals surface area contributed by atoms with Crippen molar-refractivity contribution in [3.05, 3.63) is 41.6 Å². The zero-order valence-corrected chi connectivity index (χ0v) is 18.9. The maximum Gasteiger partial charge on any atom is 0.134 e. The molecule has 2 aromatic heterocycles. The Bertz CT molecular complexity index is 1040. The third-order valence-electron chi connectivity index (χ3n) is 7.68. The van der Waals surface area contributed by atoms with Crippen LogP contribution < -0.4 is 10.2 Å². The number of ether oxygens (including phenoxy) is 2. The van der Waals surface area contributed by atoms with Crippen LogP contribution in [0.2, 0.25) is 0 Å². The molecule has 33 heavy (non-hydrogen) atoms. The van der Waals surface area contributed by atoms with Gasteiger partial charge in [0.15, 0.2) is 0 Å². The number of hydrogen-bond acceptors (Lipinski definition) is 8. The quantitative estimate of drug-likeness (QED) is 0.750. The van der Waals surface area contributed by atoms with Crippen molar-refractivity contribution in [3.63, 3.8) is 0 Å². The third-order valence-corrected chi connectivity index (χ3v) is 7.68. The fourth-order valence-electron chi connectivity index (χ4n) is 5.55. The normalized spacial score (nSPS) is 23.2. The van der Waals surface area contributed by atoms with Crippen LogP contribution in [0.25, 0.3) is 0 Å². The van der Waals surface area contributed by atoms with Crippen molar-refractivity contribution in [1.82, 2.24) is 14.9 Å². The first-order chi connectivity index (χ1) is 16.2. The highest BCUT2D eigenvalue weighted by atomic mass is 16.5. The summed E-state index contributed by atoms with van der Waals surface area (Å²) in [5.74, 6) is 2.99. The van der Waals surface area contributed by atoms with Crippen molar-refractivity contribution in [1.29, 1.82) is 5.26 Å². The van der Waals surface area contributed by atoms with Crippen molar-refractivity contribution in [2.45, 2.75) is 31.2 Å². The summed E-state index contributed by atoms with van der Waals surface area (Å²) in [6.45, 7) is 7.75. The number of rotatable bonds is 5. The molecule has 0 aliphatic carbocycles. The molecule has 0 amide bonds. The van der Waals surface area contributed by atoms with E-state index >= 15 is 0 Å². The second kappa shape index (κ2) is 8.56. The Morgan fingerprint density at radius 1 is 1.09 bits per heavy atom. The number of likely N-dealkylation sites (tertiary alicyclic amines) is 1. The number of nitriles is 1. The minimum atomic E-state index is 0.310. The Morgan fingerprint density at radius 3 is 2.64 bits per heavy atom. The first kappa shape index (κ1) is 20.8. The van der Waals surface area contributed by atoms with Crippen LogP contribution in [0.1, 0.15) is 36.3 Å². The number of pyridine rings is 2. The number of anilines is 3. The van der Waals surface area contributed by atoms with Gasteiger partial charge in [-0.3, -0.25) is 4.90 Å². The second-order valence-electron chi connectivity index (χ2n) is 9.97. The predicted octanol–water partition coefficient (Wildman–Crippen LogP) is 2.90. The Balaban J connectivity index is 1.23. The van der Waals surface area contributed by atoms with E-state index in [1.165, 1.54) is 5.56 Å². The van der Waals surface area contributed by atoms with Gasteiger partial charge in [-0.2, -0.15) is 5.26 Å². The van der Waals surface area contributed by atoms with Crippen LogP contribution in [0.5, 0.6) is 0 Å². The number of nitrogens with one attached hydrogen (secondary N) is 1. The smallest absolute Gasteiger partial charge is 0.134 e. The summed E-state index contributed by atoms with van der Waals surface area (Å²) in [5.41, 5.74) is 2.23. The monoisotopic (exact) mass is 446 g/mol. The largest absolute Gasteiger partial charge is 0.381 e. The summed E-state index contributed by atoms with van der Waals surface area (Å²) in [6.07, 6.45) is 5.10. The molecule has 0 atom stereocenters. The molecule has 0 saturated carbocycles. The Hall–Kier alpha value is -2.73. The van der Waals surface area contributed by atoms with Crippen molar-refractivity contribution < 1.29 is 9.47 Å². The molecule has 4 fully saturated rings. The number of hydrogen-bond donors (Lipinski definition) is 1. The molecule has 0 radical (unpaired) electrons. The molecule has 8 nitrogen and oxygen atoms in total. The van der Waals surface area contributed by atoms with Gasteiger partial charge in [0.2, 0.25) is 0 Å². The molecule has 1 N–H and O–H groups in total. The van der Waals surface area contributed by atoms with Crippen LogP contribution in [-0.4, -0.2) is 73.5 Å². The molecule has 8 heteroatoms. The lowest BCUT2D eigenvalue weighted by Crippen LogP contribution is -2.57. The van der Waals surface area contributed by atoms with Gasteiger partial charge >= 0.3 is 0 Å². The second-order valence-corrected chi connectivity index (χ2v) is 9.97. The number of nitrogens with zero attached hydrogens (tertiary/aromatic N) is 5. The van der Waals surface area contributed by atoms with E-state index in [1.54, 1.807) is 18.3 Å². The lowest BCUT2D eigenvalue weighted by atomic mass is 9.79. The highest BCUT2D eigenvalue weighted by Gasteiger charge is 2.46. The van der Waals surface area contributed by atoms with Crippen LogP contribution in [0.15, 0.2) is 30.5 Å². The number of piperidine rings is 1. The molecule has 4 aliphatic heterocycles. The Morgan fingerprint density at radius 2 is 1.94 bits per heavy atom. The highest BCUT2D eigenvalue weighted by molar-refractivity contribution is 5.59. The maximum atomic E-state index is 9.23. The van der Waals surface area contributed by atoms with E-state index in [1.807, 2.05) is 0 Å². The van der Waals surface area contributed by atoms with Crippen molar-refractivity contribution in [2.24, 2.45) is 5.41 Å². The average Bonchev–Trinajstić information content (AvgIpc) is 3.28. The molecule has 4 aliphatic rings. The van der Waals surface area contributed by atoms with E-state index < -0.39 is 0 Å². The van der Waals surface area contributed by atoms with Gasteiger partial charge in [0, 0.05) is 31.3 Å². The van der Waals surface area contributed by atoms with Crippen LogP contribution in [0, 0.1) is 16.7 Å². The fraction of sp³-hybridized carbons (Fsp3) is 0.560. The zero-order valence-electron chi connectivity index (χ0n) is 18.9. The van der Waals surface area contributed by atoms with Gasteiger partial charge in [0.25, 0.3) is 0 Å². The van der Waals surface area contributed by atoms with Crippen LogP contribution >= 0.6 is 0 Å². The molecule has 0 bridgehead atoms. The highest BCUT2D eigenvalue weighted by Crippen LogP contribution is 2.42. The molecule has 6 heterocycles. The number of aromatic nitrogens is 2. The van der Waals surface area contributed by atoms with E-state index in [9.17, 15) is 5.26 Å². The van der Waals surface area contributed by atoms with E-state index in [0.29, 0.717) is 28.8 Å². The first-order valence-corrected chi connectivity index (χ1v) is 12.0. The summed E-state index contributed by atoms with van der Waals surface area (Å²) in [4.78, 5) is 14.3. The average molecular weight is 447 g/mol. The van der Waals surface area contributed by atoms with Gasteiger partial charge < -0.3 is 19.7 Å². The predicted molar refractivity (Wildman–Crippen MR) is 125 cm³/mol. The van der Waals surface area contributed by atoms with Gasteiger partial charge in [-0.1, -0.05) is 0 Å². The Kier molecular flexibility index (Phi) is 5.41. The molecular weight excluding hydrogens is 416 g/mol. The summed E-state index contributed by atoms with van der Waals surface area (Å²) in [7, 11) is 0. The van der Waals surface area contributed by atoms with Crippen molar-refractivity contribution in [2.75, 3.05) is 62.8 Å². The SMILES string of the molecule is N#Cc1ccnc(Nc2cc(C3CCN(C4COC4)CC3)cc(N3CC4(CCOC4)C3)n2)c1. The van der Waals surface area contributed by atoms with Crippen LogP contribution in [0.4, 0.5) is 17.5 Å². The van der Waals surface area contributed by atoms with Gasteiger partial charge in [0.05, 0.1) is 37.5 Å². The molecule has 2 aromatic rings. The standard InChI is InChI=1S/C25H30N6O2/c26-12-18-1-5-27-22(9-18)28-23-10-20(19-2-6-30(7-3-19)21-13-33-14-21)11-24(29-23)31-15-25(16-31)4-8-32-17-25/h1,5,9-11,19,21H,2-4,6-8,13-17H2,(H,27,28,29). The lowest BCUT2D eigenvalue weighted by molar-refractivity contribution is -0.0712. The van der Waals surface area contributed by atoms with Gasteiger partial charge in [-0.25, -0.2) is 9.97 Å². The summed E-state index contributed by atoms with van der Waals surface area (Å²) in [6, 6.07) is 10.7. The zero-order chi connectivity index (χ0) is 22.3. The summed E-state index contributed by atoms with van der Waals surface area (Å²) >= 11 is 0. The molecule has 172 valence electrons. The molecule has 6 rings (SSSR count). The summed E-state index contributed by atoms with van der Waals surface area (Å²) in [5, 5.41) is 12.6. The van der Waals surface area contributed by atoms with E-state index in [-0.39, 0.29) is 0 Å². The van der Waals surface area contributed by atoms with Crippen molar-refractivity contribution >= 4 is 17.5 Å². The molecule has 1 spiro atoms. The topological polar surface area (TPSA) is 86.5 Å². The summed E-state index contributed by atoms with van der Waals surface area (Å²) < 4.78 is 11.1. The molecule has 4 saturated heterocycles. The molecule has 0 unspecified atom stereocenters. The first-order valence-electron chi connectivity index (χ1n) is 12.0. The fourth-order valence-corrected chi connectivity index (χ4v) is 5.55. The van der Waals surface area contributed by atoms with Gasteiger partial charge in [-0.05, 0) is 68.1 Å². The lowest BCUT2D eigenvalue weighted by Gasteiger charge is -2.48. The van der Waals surface area contributed by atoms with E-state index in [2.05, 4.69) is 38.3 Å². The van der Waals surface area contributed by atoms with E-state index in [4.69, 9.17) is 14.5 Å². The van der Waals surface area contributed by atoms with Crippen LogP contribution in [0.3, 0.4) is 0 Å². The maximum absolute atomic E-state index is 9.23. The Labute approximate surface area is 194 Å². The molecule has 0 aromatic carbocycles. The third kappa shape index (κ3) is 4.17. The van der Waals surface area contributed by atoms with Gasteiger partial charge in [-0.15, -0.1) is 0 Å². The van der Waals surface area contributed by atoms with Crippen LogP contribution in [-0.2, 0) is 9.47 Å². The van der Waals surface area contributed by atoms with Gasteiger partial charge in [0.1, 0.15) is 17.5 Å². The van der Waals surface area contributed by atoms with Crippen molar-refractivity contribution in [3.8, 4) is 6.07 Å².